The Labute approximate surface area is 125 Å². The summed E-state index contributed by atoms with van der Waals surface area (Å²) >= 11 is 5.24. The average molecular weight is 298 g/mol. The zero-order valence-corrected chi connectivity index (χ0v) is 13.5. The summed E-state index contributed by atoms with van der Waals surface area (Å²) in [5.74, 6) is -1.05. The van der Waals surface area contributed by atoms with Crippen LogP contribution < -0.4 is 10.6 Å². The summed E-state index contributed by atoms with van der Waals surface area (Å²) < 4.78 is 13.2. The van der Waals surface area contributed by atoms with E-state index in [1.54, 1.807) is 6.07 Å². The molecule has 0 radical (unpaired) electrons. The molecule has 0 fully saturated rings. The van der Waals surface area contributed by atoms with Crippen LogP contribution in [0.3, 0.4) is 0 Å². The summed E-state index contributed by atoms with van der Waals surface area (Å²) in [5.41, 5.74) is 0.513. The second kappa shape index (κ2) is 5.95. The van der Waals surface area contributed by atoms with Gasteiger partial charge in [-0.1, -0.05) is 20.8 Å². The fourth-order valence-electron chi connectivity index (χ4n) is 2.42. The van der Waals surface area contributed by atoms with Crippen molar-refractivity contribution in [3.63, 3.8) is 0 Å². The number of anilines is 1. The van der Waals surface area contributed by atoms with E-state index in [-0.39, 0.29) is 16.7 Å². The van der Waals surface area contributed by atoms with E-state index in [0.717, 1.165) is 6.42 Å². The van der Waals surface area contributed by atoms with E-state index >= 15 is 0 Å². The van der Waals surface area contributed by atoms with Gasteiger partial charge in [-0.15, -0.1) is 0 Å². The molecule has 20 heavy (non-hydrogen) atoms. The lowest BCUT2D eigenvalue weighted by molar-refractivity contribution is 0.268. The fraction of sp³-hybridized carbons (Fsp3) is 0.533. The first-order valence-electron chi connectivity index (χ1n) is 6.56. The molecular weight excluding hydrogens is 275 g/mol. The SMILES string of the molecule is CC(C)(C)CC(C)(C)NC(=S)Nc1ccc(O)c(F)c1. The molecule has 0 unspecified atom stereocenters. The van der Waals surface area contributed by atoms with Gasteiger partial charge >= 0.3 is 0 Å². The van der Waals surface area contributed by atoms with Gasteiger partial charge in [-0.25, -0.2) is 4.39 Å². The average Bonchev–Trinajstić information content (AvgIpc) is 2.18. The molecule has 0 aliphatic heterocycles. The largest absolute Gasteiger partial charge is 0.505 e. The molecule has 1 rings (SSSR count). The number of phenols is 1. The van der Waals surface area contributed by atoms with Crippen LogP contribution in [0.5, 0.6) is 5.75 Å². The molecule has 1 aromatic carbocycles. The molecule has 0 aliphatic carbocycles. The molecular formula is C15H23FN2OS. The van der Waals surface area contributed by atoms with Crippen molar-refractivity contribution in [2.75, 3.05) is 5.32 Å². The lowest BCUT2D eigenvalue weighted by Gasteiger charge is -2.34. The number of halogens is 1. The van der Waals surface area contributed by atoms with Crippen LogP contribution >= 0.6 is 12.2 Å². The quantitative estimate of drug-likeness (QED) is 0.582. The number of aromatic hydroxyl groups is 1. The fourth-order valence-corrected chi connectivity index (χ4v) is 2.82. The Balaban J connectivity index is 2.65. The Hall–Kier alpha value is -1.36. The van der Waals surface area contributed by atoms with E-state index in [1.807, 2.05) is 0 Å². The highest BCUT2D eigenvalue weighted by molar-refractivity contribution is 7.80. The van der Waals surface area contributed by atoms with Crippen LogP contribution in [0.15, 0.2) is 18.2 Å². The Morgan fingerprint density at radius 3 is 2.35 bits per heavy atom. The van der Waals surface area contributed by atoms with Crippen molar-refractivity contribution in [3.05, 3.63) is 24.0 Å². The molecule has 112 valence electrons. The maximum absolute atomic E-state index is 13.2. The van der Waals surface area contributed by atoms with Crippen LogP contribution in [0.2, 0.25) is 0 Å². The van der Waals surface area contributed by atoms with Crippen molar-refractivity contribution in [3.8, 4) is 5.75 Å². The minimum Gasteiger partial charge on any atom is -0.505 e. The molecule has 0 heterocycles. The Kier molecular flexibility index (Phi) is 4.97. The monoisotopic (exact) mass is 298 g/mol. The van der Waals surface area contributed by atoms with Gasteiger partial charge < -0.3 is 15.7 Å². The van der Waals surface area contributed by atoms with E-state index in [9.17, 15) is 4.39 Å². The van der Waals surface area contributed by atoms with Gasteiger partial charge in [0.05, 0.1) is 0 Å². The van der Waals surface area contributed by atoms with Crippen LogP contribution in [0.4, 0.5) is 10.1 Å². The first kappa shape index (κ1) is 16.7. The first-order valence-corrected chi connectivity index (χ1v) is 6.97. The van der Waals surface area contributed by atoms with Crippen molar-refractivity contribution in [1.29, 1.82) is 0 Å². The molecule has 5 heteroatoms. The lowest BCUT2D eigenvalue weighted by atomic mass is 9.82. The molecule has 0 saturated carbocycles. The molecule has 0 bridgehead atoms. The summed E-state index contributed by atoms with van der Waals surface area (Å²) in [6, 6.07) is 4.07. The third-order valence-corrected chi connectivity index (χ3v) is 2.83. The molecule has 0 amide bonds. The summed E-state index contributed by atoms with van der Waals surface area (Å²) in [6.07, 6.45) is 0.936. The number of benzene rings is 1. The minimum absolute atomic E-state index is 0.169. The summed E-state index contributed by atoms with van der Waals surface area (Å²) in [6.45, 7) is 10.7. The van der Waals surface area contributed by atoms with Gasteiger partial charge in [0, 0.05) is 17.3 Å². The van der Waals surface area contributed by atoms with E-state index in [2.05, 4.69) is 45.3 Å². The molecule has 0 aromatic heterocycles. The van der Waals surface area contributed by atoms with Crippen LogP contribution in [0.1, 0.15) is 41.0 Å². The maximum Gasteiger partial charge on any atom is 0.171 e. The van der Waals surface area contributed by atoms with Crippen molar-refractivity contribution in [2.24, 2.45) is 5.41 Å². The predicted octanol–water partition coefficient (Wildman–Crippen LogP) is 4.03. The molecule has 0 atom stereocenters. The van der Waals surface area contributed by atoms with Crippen LogP contribution in [0.25, 0.3) is 0 Å². The summed E-state index contributed by atoms with van der Waals surface area (Å²) in [5, 5.41) is 15.7. The molecule has 3 nitrogen and oxygen atoms in total. The Morgan fingerprint density at radius 2 is 1.85 bits per heavy atom. The van der Waals surface area contributed by atoms with Gasteiger partial charge in [-0.3, -0.25) is 0 Å². The second-order valence-corrected chi connectivity index (χ2v) is 7.27. The van der Waals surface area contributed by atoms with Gasteiger partial charge in [0.2, 0.25) is 0 Å². The number of thiocarbonyl (C=S) groups is 1. The van der Waals surface area contributed by atoms with E-state index in [4.69, 9.17) is 17.3 Å². The molecule has 0 aliphatic rings. The smallest absolute Gasteiger partial charge is 0.171 e. The normalized spacial score (nSPS) is 12.1. The number of rotatable bonds is 3. The highest BCUT2D eigenvalue weighted by Gasteiger charge is 2.25. The molecule has 1 aromatic rings. The molecule has 0 saturated heterocycles. The zero-order chi connectivity index (χ0) is 15.6. The molecule has 3 N–H and O–H groups in total. The highest BCUT2D eigenvalue weighted by atomic mass is 32.1. The minimum atomic E-state index is -0.674. The third-order valence-electron chi connectivity index (χ3n) is 2.63. The zero-order valence-electron chi connectivity index (χ0n) is 12.7. The van der Waals surface area contributed by atoms with E-state index in [1.165, 1.54) is 12.1 Å². The van der Waals surface area contributed by atoms with Gasteiger partial charge in [0.15, 0.2) is 16.7 Å². The van der Waals surface area contributed by atoms with E-state index < -0.39 is 5.82 Å². The lowest BCUT2D eigenvalue weighted by Crippen LogP contribution is -2.47. The first-order chi connectivity index (χ1) is 8.98. The Bertz CT molecular complexity index is 495. The molecule has 0 spiro atoms. The Morgan fingerprint density at radius 1 is 1.25 bits per heavy atom. The summed E-state index contributed by atoms with van der Waals surface area (Å²) in [7, 11) is 0. The number of nitrogens with one attached hydrogen (secondary N) is 2. The highest BCUT2D eigenvalue weighted by Crippen LogP contribution is 2.27. The van der Waals surface area contributed by atoms with Crippen LogP contribution in [-0.2, 0) is 0 Å². The van der Waals surface area contributed by atoms with Crippen molar-refractivity contribution >= 4 is 23.0 Å². The summed E-state index contributed by atoms with van der Waals surface area (Å²) in [4.78, 5) is 0. The third kappa shape index (κ3) is 5.74. The maximum atomic E-state index is 13.2. The van der Waals surface area contributed by atoms with Crippen LogP contribution in [0, 0.1) is 11.2 Å². The van der Waals surface area contributed by atoms with Gasteiger partial charge in [-0.2, -0.15) is 0 Å². The second-order valence-electron chi connectivity index (χ2n) is 6.87. The van der Waals surface area contributed by atoms with Gasteiger partial charge in [0.1, 0.15) is 0 Å². The van der Waals surface area contributed by atoms with Crippen molar-refractivity contribution in [2.45, 2.75) is 46.6 Å². The van der Waals surface area contributed by atoms with Crippen LogP contribution in [-0.4, -0.2) is 15.8 Å². The topological polar surface area (TPSA) is 44.3 Å². The predicted molar refractivity (Wildman–Crippen MR) is 85.6 cm³/mol. The number of hydrogen-bond donors (Lipinski definition) is 3. The number of phenolic OH excluding ortho intramolecular Hbond substituents is 1. The van der Waals surface area contributed by atoms with Gasteiger partial charge in [0.25, 0.3) is 0 Å². The van der Waals surface area contributed by atoms with Crippen molar-refractivity contribution in [1.82, 2.24) is 5.32 Å². The van der Waals surface area contributed by atoms with Gasteiger partial charge in [-0.05, 0) is 50.0 Å². The van der Waals surface area contributed by atoms with E-state index in [0.29, 0.717) is 10.8 Å². The number of hydrogen-bond acceptors (Lipinski definition) is 2. The standard InChI is InChI=1S/C15H23FN2OS/c1-14(2,3)9-15(4,5)18-13(20)17-10-6-7-12(19)11(16)8-10/h6-8,19H,9H2,1-5H3,(H2,17,18,20). The van der Waals surface area contributed by atoms with Crippen molar-refractivity contribution < 1.29 is 9.50 Å².